The first-order valence-corrected chi connectivity index (χ1v) is 10.1. The molecule has 1 fully saturated rings. The zero-order valence-corrected chi connectivity index (χ0v) is 16.3. The summed E-state index contributed by atoms with van der Waals surface area (Å²) in [5.41, 5.74) is 2.27. The van der Waals surface area contributed by atoms with Gasteiger partial charge in [0.25, 0.3) is 0 Å². The van der Waals surface area contributed by atoms with Gasteiger partial charge in [-0.1, -0.05) is 42.5 Å². The molecule has 4 heteroatoms. The smallest absolute Gasteiger partial charge is 0.123 e. The zero-order valence-electron chi connectivity index (χ0n) is 16.3. The van der Waals surface area contributed by atoms with Crippen molar-refractivity contribution in [3.63, 3.8) is 0 Å². The van der Waals surface area contributed by atoms with Crippen molar-refractivity contribution >= 4 is 0 Å². The van der Waals surface area contributed by atoms with Crippen LogP contribution in [0.3, 0.4) is 0 Å². The first kappa shape index (κ1) is 19.6. The fraction of sp³-hybridized carbons (Fsp3) is 0.280. The second kappa shape index (κ2) is 9.19. The van der Waals surface area contributed by atoms with E-state index < -0.39 is 0 Å². The molecule has 2 atom stereocenters. The highest BCUT2D eigenvalue weighted by atomic mass is 19.1. The van der Waals surface area contributed by atoms with Crippen LogP contribution < -0.4 is 4.74 Å². The number of likely N-dealkylation sites (tertiary alicyclic amines) is 1. The van der Waals surface area contributed by atoms with Gasteiger partial charge in [0, 0.05) is 19.0 Å². The van der Waals surface area contributed by atoms with E-state index in [9.17, 15) is 8.78 Å². The summed E-state index contributed by atoms with van der Waals surface area (Å²) in [5, 5.41) is 0. The van der Waals surface area contributed by atoms with Crippen LogP contribution in [0.4, 0.5) is 8.78 Å². The fourth-order valence-electron chi connectivity index (χ4n) is 4.14. The largest absolute Gasteiger partial charge is 0.493 e. The van der Waals surface area contributed by atoms with Crippen LogP contribution in [0.1, 0.15) is 23.5 Å². The van der Waals surface area contributed by atoms with E-state index in [-0.39, 0.29) is 17.6 Å². The van der Waals surface area contributed by atoms with Crippen LogP contribution in [-0.2, 0) is 6.54 Å². The molecule has 0 spiro atoms. The molecule has 0 radical (unpaired) electrons. The number of nitrogens with zero attached hydrogens (tertiary/aromatic N) is 1. The average molecular weight is 393 g/mol. The minimum Gasteiger partial charge on any atom is -0.493 e. The minimum absolute atomic E-state index is 0.209. The monoisotopic (exact) mass is 393 g/mol. The third kappa shape index (κ3) is 5.21. The maximum atomic E-state index is 13.4. The van der Waals surface area contributed by atoms with E-state index in [1.165, 1.54) is 24.3 Å². The first-order valence-electron chi connectivity index (χ1n) is 10.1. The topological polar surface area (TPSA) is 12.5 Å². The second-order valence-electron chi connectivity index (χ2n) is 7.69. The highest BCUT2D eigenvalue weighted by Gasteiger charge is 2.31. The maximum absolute atomic E-state index is 13.4. The predicted octanol–water partition coefficient (Wildman–Crippen LogP) is 5.65. The van der Waals surface area contributed by atoms with Gasteiger partial charge in [0.05, 0.1) is 6.61 Å². The summed E-state index contributed by atoms with van der Waals surface area (Å²) in [6.45, 7) is 3.22. The molecule has 3 aromatic rings. The van der Waals surface area contributed by atoms with E-state index in [4.69, 9.17) is 4.74 Å². The Hall–Kier alpha value is -2.72. The Bertz CT molecular complexity index is 896. The summed E-state index contributed by atoms with van der Waals surface area (Å²) < 4.78 is 32.7. The van der Waals surface area contributed by atoms with Crippen LogP contribution in [0.2, 0.25) is 0 Å². The molecule has 0 bridgehead atoms. The molecule has 0 aliphatic carbocycles. The van der Waals surface area contributed by atoms with Crippen LogP contribution in [0.15, 0.2) is 78.9 Å². The number of piperidine rings is 1. The summed E-state index contributed by atoms with van der Waals surface area (Å²) in [6, 6.07) is 23.4. The van der Waals surface area contributed by atoms with Gasteiger partial charge in [0.2, 0.25) is 0 Å². The van der Waals surface area contributed by atoms with Crippen LogP contribution in [0.5, 0.6) is 5.75 Å². The molecule has 4 rings (SSSR count). The number of rotatable bonds is 6. The predicted molar refractivity (Wildman–Crippen MR) is 111 cm³/mol. The number of halogens is 2. The molecule has 1 aliphatic heterocycles. The van der Waals surface area contributed by atoms with Gasteiger partial charge in [-0.25, -0.2) is 8.78 Å². The van der Waals surface area contributed by atoms with E-state index in [0.717, 1.165) is 42.9 Å². The van der Waals surface area contributed by atoms with Gasteiger partial charge < -0.3 is 4.74 Å². The van der Waals surface area contributed by atoms with Gasteiger partial charge in [-0.3, -0.25) is 4.90 Å². The third-order valence-electron chi connectivity index (χ3n) is 5.64. The van der Waals surface area contributed by atoms with Gasteiger partial charge in [0.1, 0.15) is 17.4 Å². The van der Waals surface area contributed by atoms with E-state index in [2.05, 4.69) is 4.90 Å². The summed E-state index contributed by atoms with van der Waals surface area (Å²) in [4.78, 5) is 2.40. The Labute approximate surface area is 170 Å². The zero-order chi connectivity index (χ0) is 20.1. The Morgan fingerprint density at radius 2 is 1.48 bits per heavy atom. The van der Waals surface area contributed by atoms with Gasteiger partial charge >= 0.3 is 0 Å². The van der Waals surface area contributed by atoms with E-state index in [0.29, 0.717) is 12.5 Å². The maximum Gasteiger partial charge on any atom is 0.123 e. The molecule has 29 heavy (non-hydrogen) atoms. The molecule has 3 aromatic carbocycles. The summed E-state index contributed by atoms with van der Waals surface area (Å²) in [7, 11) is 0. The van der Waals surface area contributed by atoms with Crippen LogP contribution in [0.25, 0.3) is 0 Å². The van der Waals surface area contributed by atoms with E-state index in [1.807, 2.05) is 54.6 Å². The summed E-state index contributed by atoms with van der Waals surface area (Å²) in [6.07, 6.45) is 0.982. The molecular weight excluding hydrogens is 368 g/mol. The molecule has 1 aliphatic rings. The molecule has 0 saturated carbocycles. The SMILES string of the molecule is Fc1ccc(CN2CC[C@@H](c3ccc(F)cc3)[C@H](COc3ccccc3)C2)cc1. The Morgan fingerprint density at radius 1 is 0.828 bits per heavy atom. The molecule has 150 valence electrons. The highest BCUT2D eigenvalue weighted by Crippen LogP contribution is 2.34. The van der Waals surface area contributed by atoms with Crippen molar-refractivity contribution in [2.75, 3.05) is 19.7 Å². The Balaban J connectivity index is 1.48. The second-order valence-corrected chi connectivity index (χ2v) is 7.69. The van der Waals surface area contributed by atoms with Gasteiger partial charge in [-0.15, -0.1) is 0 Å². The van der Waals surface area contributed by atoms with Crippen LogP contribution >= 0.6 is 0 Å². The summed E-state index contributed by atoms with van der Waals surface area (Å²) in [5.74, 6) is 1.05. The van der Waals surface area contributed by atoms with Crippen molar-refractivity contribution in [2.45, 2.75) is 18.9 Å². The highest BCUT2D eigenvalue weighted by molar-refractivity contribution is 5.24. The quantitative estimate of drug-likeness (QED) is 0.537. The third-order valence-corrected chi connectivity index (χ3v) is 5.64. The molecule has 1 saturated heterocycles. The summed E-state index contributed by atoms with van der Waals surface area (Å²) >= 11 is 0. The van der Waals surface area contributed by atoms with Crippen molar-refractivity contribution in [1.29, 1.82) is 0 Å². The molecule has 0 amide bonds. The molecular formula is C25H25F2NO. The molecule has 1 heterocycles. The molecule has 0 aromatic heterocycles. The normalized spacial score (nSPS) is 19.8. The van der Waals surface area contributed by atoms with Crippen LogP contribution in [0, 0.1) is 17.6 Å². The Kier molecular flexibility index (Phi) is 6.20. The standard InChI is InChI=1S/C25H25F2NO/c26-22-10-6-19(7-11-22)16-28-15-14-25(20-8-12-23(27)13-9-20)21(17-28)18-29-24-4-2-1-3-5-24/h1-13,21,25H,14-18H2/t21-,25-/m0/s1. The van der Waals surface area contributed by atoms with Crippen molar-refractivity contribution in [2.24, 2.45) is 5.92 Å². The minimum atomic E-state index is -0.210. The fourth-order valence-corrected chi connectivity index (χ4v) is 4.14. The number of hydrogen-bond acceptors (Lipinski definition) is 2. The average Bonchev–Trinajstić information content (AvgIpc) is 2.75. The lowest BCUT2D eigenvalue weighted by Crippen LogP contribution is -2.41. The van der Waals surface area contributed by atoms with Gasteiger partial charge in [0.15, 0.2) is 0 Å². The molecule has 2 nitrogen and oxygen atoms in total. The number of hydrogen-bond donors (Lipinski definition) is 0. The van der Waals surface area contributed by atoms with Crippen molar-refractivity contribution in [3.05, 3.63) is 102 Å². The molecule has 0 unspecified atom stereocenters. The lowest BCUT2D eigenvalue weighted by molar-refractivity contribution is 0.106. The van der Waals surface area contributed by atoms with Gasteiger partial charge in [-0.2, -0.15) is 0 Å². The van der Waals surface area contributed by atoms with Crippen molar-refractivity contribution in [1.82, 2.24) is 4.90 Å². The number of benzene rings is 3. The number of ether oxygens (including phenoxy) is 1. The first-order chi connectivity index (χ1) is 14.2. The lowest BCUT2D eigenvalue weighted by Gasteiger charge is -2.39. The lowest BCUT2D eigenvalue weighted by atomic mass is 9.80. The van der Waals surface area contributed by atoms with E-state index in [1.54, 1.807) is 0 Å². The Morgan fingerprint density at radius 3 is 2.17 bits per heavy atom. The van der Waals surface area contributed by atoms with Crippen molar-refractivity contribution < 1.29 is 13.5 Å². The van der Waals surface area contributed by atoms with Crippen molar-refractivity contribution in [3.8, 4) is 5.75 Å². The van der Waals surface area contributed by atoms with Gasteiger partial charge in [-0.05, 0) is 66.4 Å². The van der Waals surface area contributed by atoms with Crippen LogP contribution in [-0.4, -0.2) is 24.6 Å². The van der Waals surface area contributed by atoms with E-state index >= 15 is 0 Å². The molecule has 0 N–H and O–H groups in total. The number of para-hydroxylation sites is 1.